The second-order valence-electron chi connectivity index (χ2n) is 4.07. The fourth-order valence-corrected chi connectivity index (χ4v) is 11.2. The van der Waals surface area contributed by atoms with E-state index in [0.29, 0.717) is 19.7 Å². The van der Waals surface area contributed by atoms with Gasteiger partial charge in [-0.3, -0.25) is 14.1 Å². The van der Waals surface area contributed by atoms with Crippen molar-refractivity contribution in [1.29, 1.82) is 0 Å². The van der Waals surface area contributed by atoms with Crippen molar-refractivity contribution in [3.8, 4) is 0 Å². The first-order chi connectivity index (χ1) is 6.93. The molecule has 6 nitrogen and oxygen atoms in total. The summed E-state index contributed by atoms with van der Waals surface area (Å²) < 4.78 is 14.1. The summed E-state index contributed by atoms with van der Waals surface area (Å²) in [6.07, 6.45) is 0. The predicted octanol–water partition coefficient (Wildman–Crippen LogP) is -2.41. The normalized spacial score (nSPS) is 23.0. The highest BCUT2D eigenvalue weighted by atomic mass is 28.4. The van der Waals surface area contributed by atoms with E-state index in [1.165, 1.54) is 0 Å². The number of hydrazine groups is 1. The van der Waals surface area contributed by atoms with E-state index in [4.69, 9.17) is 0 Å². The first-order valence-electron chi connectivity index (χ1n) is 4.78. The van der Waals surface area contributed by atoms with Gasteiger partial charge in [0.2, 0.25) is 9.84 Å². The Balaban J connectivity index is 2.99. The van der Waals surface area contributed by atoms with Crippen LogP contribution in [0.1, 0.15) is 0 Å². The van der Waals surface area contributed by atoms with Crippen LogP contribution in [0.2, 0.25) is 0 Å². The molecule has 2 N–H and O–H groups in total. The molecule has 1 aliphatic rings. The second-order valence-corrected chi connectivity index (χ2v) is 10.9. The predicted molar refractivity (Wildman–Crippen MR) is 66.4 cm³/mol. The van der Waals surface area contributed by atoms with Crippen LogP contribution in [0, 0.1) is 0 Å². The molecule has 0 bridgehead atoms. The molecule has 0 aromatic carbocycles. The fraction of sp³-hybridized carbons (Fsp3) is 1.00. The summed E-state index contributed by atoms with van der Waals surface area (Å²) in [5.41, 5.74) is 0. The van der Waals surface area contributed by atoms with E-state index in [9.17, 15) is 0 Å². The Kier molecular flexibility index (Phi) is 4.64. The molecule has 0 spiro atoms. The van der Waals surface area contributed by atoms with Gasteiger partial charge in [-0.2, -0.15) is 0 Å². The van der Waals surface area contributed by atoms with Gasteiger partial charge in [0, 0.05) is 14.1 Å². The SMILES string of the molecule is CN(C)N1[Si]N[Si]N[Si]1(N(C)C)N(C)C. The van der Waals surface area contributed by atoms with Gasteiger partial charge in [-0.1, -0.05) is 0 Å². The van der Waals surface area contributed by atoms with Gasteiger partial charge in [-0.05, 0) is 28.2 Å². The molecular weight excluding hydrogens is 240 g/mol. The smallest absolute Gasteiger partial charge is 0.336 e. The van der Waals surface area contributed by atoms with Gasteiger partial charge in [0.05, 0.1) is 0 Å². The molecule has 0 aromatic rings. The zero-order valence-electron chi connectivity index (χ0n) is 10.3. The average molecular weight is 261 g/mol. The number of hydrogen-bond acceptors (Lipinski definition) is 6. The number of hydrogen-bond donors (Lipinski definition) is 2. The van der Waals surface area contributed by atoms with E-state index in [1.807, 2.05) is 0 Å². The highest BCUT2D eigenvalue weighted by Crippen LogP contribution is 2.13. The van der Waals surface area contributed by atoms with Crippen molar-refractivity contribution in [2.45, 2.75) is 0 Å². The van der Waals surface area contributed by atoms with Crippen LogP contribution in [0.25, 0.3) is 0 Å². The van der Waals surface area contributed by atoms with E-state index >= 15 is 0 Å². The van der Waals surface area contributed by atoms with Gasteiger partial charge in [0.25, 0.3) is 9.84 Å². The minimum absolute atomic E-state index is 0.640. The Bertz CT molecular complexity index is 203. The Morgan fingerprint density at radius 3 is 1.87 bits per heavy atom. The van der Waals surface area contributed by atoms with Gasteiger partial charge in [0.1, 0.15) is 0 Å². The highest BCUT2D eigenvalue weighted by molar-refractivity contribution is 6.83. The van der Waals surface area contributed by atoms with E-state index in [1.54, 1.807) is 0 Å². The van der Waals surface area contributed by atoms with Crippen molar-refractivity contribution in [1.82, 2.24) is 27.8 Å². The molecular formula is C6H20N6Si3. The molecule has 15 heavy (non-hydrogen) atoms. The molecule has 0 aliphatic carbocycles. The lowest BCUT2D eigenvalue weighted by atomic mass is 11.2. The number of nitrogens with zero attached hydrogens (tertiary/aromatic N) is 4. The van der Waals surface area contributed by atoms with Gasteiger partial charge in [0.15, 0.2) is 0 Å². The standard InChI is InChI=1S/C6H20N6Si3/c1-9(2)12-14-7-13-8-15(12,10(3)4)11(5)6/h7-8H,1-6H3. The molecule has 1 saturated heterocycles. The van der Waals surface area contributed by atoms with Crippen LogP contribution >= 0.6 is 0 Å². The topological polar surface area (TPSA) is 37.0 Å². The first kappa shape index (κ1) is 13.5. The van der Waals surface area contributed by atoms with Crippen LogP contribution in [-0.2, 0) is 0 Å². The molecule has 0 amide bonds. The van der Waals surface area contributed by atoms with Crippen molar-refractivity contribution < 1.29 is 0 Å². The van der Waals surface area contributed by atoms with Crippen molar-refractivity contribution in [2.24, 2.45) is 0 Å². The summed E-state index contributed by atoms with van der Waals surface area (Å²) in [5, 5.41) is 2.17. The maximum atomic E-state index is 3.66. The van der Waals surface area contributed by atoms with Crippen LogP contribution in [-0.4, -0.2) is 89.2 Å². The minimum atomic E-state index is -1.89. The van der Waals surface area contributed by atoms with Gasteiger partial charge in [-0.25, -0.2) is 4.34 Å². The summed E-state index contributed by atoms with van der Waals surface area (Å²) in [6.45, 7) is 0. The van der Waals surface area contributed by atoms with Crippen LogP contribution in [0.3, 0.4) is 0 Å². The molecule has 9 heteroatoms. The van der Waals surface area contributed by atoms with Crippen LogP contribution in [0.4, 0.5) is 0 Å². The highest BCUT2D eigenvalue weighted by Gasteiger charge is 2.50. The van der Waals surface area contributed by atoms with Gasteiger partial charge in [-0.15, -0.1) is 0 Å². The van der Waals surface area contributed by atoms with Crippen molar-refractivity contribution in [2.75, 3.05) is 42.3 Å². The lowest BCUT2D eigenvalue weighted by Gasteiger charge is -2.53. The van der Waals surface area contributed by atoms with E-state index in [0.717, 1.165) is 0 Å². The third-order valence-electron chi connectivity index (χ3n) is 2.40. The van der Waals surface area contributed by atoms with Crippen molar-refractivity contribution in [3.63, 3.8) is 0 Å². The maximum absolute atomic E-state index is 3.66. The summed E-state index contributed by atoms with van der Waals surface area (Å²) in [4.78, 5) is 0. The van der Waals surface area contributed by atoms with Crippen molar-refractivity contribution in [3.05, 3.63) is 0 Å². The molecule has 1 rings (SSSR count). The lowest BCUT2D eigenvalue weighted by molar-refractivity contribution is 0.167. The summed E-state index contributed by atoms with van der Waals surface area (Å²) in [5.74, 6) is 0. The molecule has 0 saturated carbocycles. The van der Waals surface area contributed by atoms with E-state index in [-0.39, 0.29) is 0 Å². The monoisotopic (exact) mass is 260 g/mol. The van der Waals surface area contributed by atoms with Crippen LogP contribution < -0.4 is 9.30 Å². The third kappa shape index (κ3) is 2.40. The summed E-state index contributed by atoms with van der Waals surface area (Å²) >= 11 is 0. The molecule has 0 unspecified atom stereocenters. The Morgan fingerprint density at radius 2 is 1.53 bits per heavy atom. The molecule has 1 aliphatic heterocycles. The zero-order valence-corrected chi connectivity index (χ0v) is 13.3. The zero-order chi connectivity index (χ0) is 11.6. The van der Waals surface area contributed by atoms with E-state index in [2.05, 4.69) is 70.1 Å². The Hall–Kier alpha value is 0.411. The summed E-state index contributed by atoms with van der Waals surface area (Å²) in [7, 11) is 12.2. The lowest BCUT2D eigenvalue weighted by Crippen LogP contribution is -2.87. The number of nitrogens with one attached hydrogen (secondary N) is 2. The van der Waals surface area contributed by atoms with Gasteiger partial charge < -0.3 is 9.30 Å². The second kappa shape index (κ2) is 5.16. The Labute approximate surface area is 98.8 Å². The summed E-state index contributed by atoms with van der Waals surface area (Å²) in [6, 6.07) is 0. The molecule has 1 fully saturated rings. The molecule has 4 radical (unpaired) electrons. The number of rotatable bonds is 3. The molecule has 1 heterocycles. The van der Waals surface area contributed by atoms with E-state index < -0.39 is 8.72 Å². The third-order valence-corrected chi connectivity index (χ3v) is 10.6. The van der Waals surface area contributed by atoms with Crippen LogP contribution in [0.5, 0.6) is 0 Å². The quantitative estimate of drug-likeness (QED) is 0.551. The minimum Gasteiger partial charge on any atom is -0.336 e. The average Bonchev–Trinajstić information content (AvgIpc) is 2.16. The largest absolute Gasteiger partial charge is 0.375 e. The van der Waals surface area contributed by atoms with Gasteiger partial charge >= 0.3 is 8.72 Å². The van der Waals surface area contributed by atoms with Crippen LogP contribution in [0.15, 0.2) is 0 Å². The maximum Gasteiger partial charge on any atom is 0.375 e. The first-order valence-corrected chi connectivity index (χ1v) is 8.57. The molecule has 86 valence electrons. The fourth-order valence-electron chi connectivity index (χ4n) is 1.71. The molecule has 0 atom stereocenters. The Morgan fingerprint density at radius 1 is 1.00 bits per heavy atom. The van der Waals surface area contributed by atoms with Crippen molar-refractivity contribution >= 4 is 28.4 Å². The molecule has 0 aromatic heterocycles.